The van der Waals surface area contributed by atoms with Crippen LogP contribution in [-0.2, 0) is 15.8 Å². The minimum atomic E-state index is -3.74. The van der Waals surface area contributed by atoms with Crippen LogP contribution in [0.1, 0.15) is 11.1 Å². The van der Waals surface area contributed by atoms with Gasteiger partial charge in [-0.25, -0.2) is 18.4 Å². The predicted octanol–water partition coefficient (Wildman–Crippen LogP) is 2.60. The van der Waals surface area contributed by atoms with Gasteiger partial charge in [-0.2, -0.15) is 5.26 Å². The summed E-state index contributed by atoms with van der Waals surface area (Å²) < 4.78 is 26.4. The summed E-state index contributed by atoms with van der Waals surface area (Å²) in [6.45, 7) is 0. The number of hydrogen-bond acceptors (Lipinski definition) is 5. The number of nitriles is 1. The maximum absolute atomic E-state index is 12.1. The molecule has 1 aromatic heterocycles. The largest absolute Gasteiger partial charge is 0.266 e. The van der Waals surface area contributed by atoms with Crippen molar-refractivity contribution in [1.82, 2.24) is 9.97 Å². The van der Waals surface area contributed by atoms with E-state index < -0.39 is 10.0 Å². The molecule has 2 rings (SSSR count). The monoisotopic (exact) mass is 342 g/mol. The van der Waals surface area contributed by atoms with Crippen molar-refractivity contribution in [2.45, 2.75) is 5.75 Å². The van der Waals surface area contributed by atoms with Crippen LogP contribution in [0.4, 0.5) is 5.82 Å². The van der Waals surface area contributed by atoms with Gasteiger partial charge in [0.1, 0.15) is 11.3 Å². The van der Waals surface area contributed by atoms with Crippen LogP contribution in [0.5, 0.6) is 0 Å². The van der Waals surface area contributed by atoms with Crippen molar-refractivity contribution in [3.8, 4) is 6.07 Å². The molecule has 0 aliphatic carbocycles. The lowest BCUT2D eigenvalue weighted by atomic mass is 10.2. The Morgan fingerprint density at radius 1 is 1.29 bits per heavy atom. The number of nitrogens with one attached hydrogen (secondary N) is 1. The zero-order chi connectivity index (χ0) is 15.5. The fourth-order valence-electron chi connectivity index (χ4n) is 1.55. The van der Waals surface area contributed by atoms with E-state index in [0.29, 0.717) is 11.1 Å². The van der Waals surface area contributed by atoms with Gasteiger partial charge in [0.15, 0.2) is 11.0 Å². The normalized spacial score (nSPS) is 10.9. The SMILES string of the molecule is N#Cc1cccc(CS(=O)(=O)Nc2ncnc(Cl)c2Cl)c1. The molecule has 6 nitrogen and oxygen atoms in total. The minimum absolute atomic E-state index is 0.0455. The van der Waals surface area contributed by atoms with Crippen LogP contribution in [0.2, 0.25) is 10.2 Å². The van der Waals surface area contributed by atoms with Gasteiger partial charge in [0.05, 0.1) is 17.4 Å². The van der Waals surface area contributed by atoms with E-state index in [-0.39, 0.29) is 21.7 Å². The first kappa shape index (κ1) is 15.5. The summed E-state index contributed by atoms with van der Waals surface area (Å²) in [5.41, 5.74) is 0.851. The summed E-state index contributed by atoms with van der Waals surface area (Å²) in [5, 5.41) is 8.68. The molecule has 0 unspecified atom stereocenters. The number of nitrogens with zero attached hydrogens (tertiary/aromatic N) is 3. The lowest BCUT2D eigenvalue weighted by Gasteiger charge is -2.09. The Morgan fingerprint density at radius 3 is 2.76 bits per heavy atom. The Hall–Kier alpha value is -1.88. The lowest BCUT2D eigenvalue weighted by molar-refractivity contribution is 0.600. The number of benzene rings is 1. The minimum Gasteiger partial charge on any atom is -0.266 e. The van der Waals surface area contributed by atoms with Gasteiger partial charge in [0.2, 0.25) is 10.0 Å². The first-order chi connectivity index (χ1) is 9.91. The second-order valence-electron chi connectivity index (χ2n) is 4.00. The second-order valence-corrected chi connectivity index (χ2v) is 6.46. The fourth-order valence-corrected chi connectivity index (χ4v) is 3.03. The molecule has 0 saturated carbocycles. The molecule has 0 amide bonds. The van der Waals surface area contributed by atoms with Crippen molar-refractivity contribution in [3.05, 3.63) is 51.9 Å². The number of sulfonamides is 1. The Labute approximate surface area is 131 Å². The molecule has 0 aliphatic rings. The van der Waals surface area contributed by atoms with Gasteiger partial charge in [0, 0.05) is 0 Å². The molecule has 0 spiro atoms. The Bertz CT molecular complexity index is 818. The molecule has 1 aromatic carbocycles. The topological polar surface area (TPSA) is 95.7 Å². The van der Waals surface area contributed by atoms with Crippen LogP contribution >= 0.6 is 23.2 Å². The molecule has 0 bridgehead atoms. The quantitative estimate of drug-likeness (QED) is 0.861. The second kappa shape index (κ2) is 6.26. The van der Waals surface area contributed by atoms with Crippen molar-refractivity contribution in [1.29, 1.82) is 5.26 Å². The Kier molecular flexibility index (Phi) is 4.63. The molecule has 1 heterocycles. The van der Waals surface area contributed by atoms with Gasteiger partial charge in [-0.15, -0.1) is 0 Å². The highest BCUT2D eigenvalue weighted by molar-refractivity contribution is 7.91. The highest BCUT2D eigenvalue weighted by Gasteiger charge is 2.16. The average molecular weight is 343 g/mol. The molecule has 0 saturated heterocycles. The highest BCUT2D eigenvalue weighted by Crippen LogP contribution is 2.26. The van der Waals surface area contributed by atoms with Crippen LogP contribution in [0.15, 0.2) is 30.6 Å². The van der Waals surface area contributed by atoms with E-state index in [1.165, 1.54) is 6.07 Å². The zero-order valence-electron chi connectivity index (χ0n) is 10.4. The zero-order valence-corrected chi connectivity index (χ0v) is 12.7. The van der Waals surface area contributed by atoms with E-state index in [9.17, 15) is 8.42 Å². The van der Waals surface area contributed by atoms with Crippen LogP contribution in [0.25, 0.3) is 0 Å². The Balaban J connectivity index is 2.23. The van der Waals surface area contributed by atoms with Crippen molar-refractivity contribution < 1.29 is 8.42 Å². The molecular formula is C12H8Cl2N4O2S. The summed E-state index contributed by atoms with van der Waals surface area (Å²) in [6.07, 6.45) is 1.10. The summed E-state index contributed by atoms with van der Waals surface area (Å²) in [6, 6.07) is 8.24. The Morgan fingerprint density at radius 2 is 2.05 bits per heavy atom. The van der Waals surface area contributed by atoms with E-state index in [2.05, 4.69) is 14.7 Å². The third-order valence-corrected chi connectivity index (χ3v) is 4.37. The predicted molar refractivity (Wildman–Crippen MR) is 79.5 cm³/mol. The molecular weight excluding hydrogens is 335 g/mol. The van der Waals surface area contributed by atoms with Crippen LogP contribution in [-0.4, -0.2) is 18.4 Å². The molecule has 2 aromatic rings. The van der Waals surface area contributed by atoms with Crippen LogP contribution in [0.3, 0.4) is 0 Å². The van der Waals surface area contributed by atoms with Crippen molar-refractivity contribution in [2.24, 2.45) is 0 Å². The molecule has 0 aliphatic heterocycles. The van der Waals surface area contributed by atoms with Gasteiger partial charge in [0.25, 0.3) is 0 Å². The van der Waals surface area contributed by atoms with Gasteiger partial charge >= 0.3 is 0 Å². The first-order valence-corrected chi connectivity index (χ1v) is 7.97. The van der Waals surface area contributed by atoms with Crippen molar-refractivity contribution >= 4 is 39.0 Å². The van der Waals surface area contributed by atoms with Crippen molar-refractivity contribution in [3.63, 3.8) is 0 Å². The maximum atomic E-state index is 12.1. The number of halogens is 2. The molecule has 1 N–H and O–H groups in total. The highest BCUT2D eigenvalue weighted by atomic mass is 35.5. The number of aromatic nitrogens is 2. The van der Waals surface area contributed by atoms with E-state index >= 15 is 0 Å². The molecule has 0 radical (unpaired) electrons. The third-order valence-electron chi connectivity index (χ3n) is 2.41. The molecule has 108 valence electrons. The van der Waals surface area contributed by atoms with Gasteiger partial charge < -0.3 is 0 Å². The molecule has 0 atom stereocenters. The standard InChI is InChI=1S/C12H8Cl2N4O2S/c13-10-11(14)16-7-17-12(10)18-21(19,20)6-9-3-1-2-8(4-9)5-15/h1-4,7H,6H2,(H,16,17,18). The smallest absolute Gasteiger partial charge is 0.238 e. The van der Waals surface area contributed by atoms with Gasteiger partial charge in [-0.3, -0.25) is 4.72 Å². The van der Waals surface area contributed by atoms with Crippen molar-refractivity contribution in [2.75, 3.05) is 4.72 Å². The molecule has 0 fully saturated rings. The summed E-state index contributed by atoms with van der Waals surface area (Å²) in [7, 11) is -3.74. The average Bonchev–Trinajstić information content (AvgIpc) is 2.43. The molecule has 21 heavy (non-hydrogen) atoms. The van der Waals surface area contributed by atoms with E-state index in [1.54, 1.807) is 18.2 Å². The van der Waals surface area contributed by atoms with Gasteiger partial charge in [-0.1, -0.05) is 35.3 Å². The van der Waals surface area contributed by atoms with Crippen LogP contribution in [0, 0.1) is 11.3 Å². The van der Waals surface area contributed by atoms with Crippen LogP contribution < -0.4 is 4.72 Å². The molecule has 9 heteroatoms. The number of hydrogen-bond donors (Lipinski definition) is 1. The lowest BCUT2D eigenvalue weighted by Crippen LogP contribution is -2.16. The van der Waals surface area contributed by atoms with E-state index in [1.807, 2.05) is 6.07 Å². The summed E-state index contributed by atoms with van der Waals surface area (Å²) in [5.74, 6) is -0.409. The fraction of sp³-hybridized carbons (Fsp3) is 0.0833. The number of anilines is 1. The number of rotatable bonds is 4. The van der Waals surface area contributed by atoms with E-state index in [0.717, 1.165) is 6.33 Å². The third kappa shape index (κ3) is 4.04. The van der Waals surface area contributed by atoms with E-state index in [4.69, 9.17) is 28.5 Å². The van der Waals surface area contributed by atoms with Gasteiger partial charge in [-0.05, 0) is 17.7 Å². The summed E-state index contributed by atoms with van der Waals surface area (Å²) in [4.78, 5) is 7.36. The first-order valence-electron chi connectivity index (χ1n) is 5.57. The maximum Gasteiger partial charge on any atom is 0.238 e. The summed E-state index contributed by atoms with van der Waals surface area (Å²) >= 11 is 11.5.